The molecule has 0 atom stereocenters. The van der Waals surface area contributed by atoms with Crippen LogP contribution >= 0.6 is 38.6 Å². The summed E-state index contributed by atoms with van der Waals surface area (Å²) in [6.45, 7) is 0. The third-order valence-electron chi connectivity index (χ3n) is 1.76. The standard InChI is InChI=1S/C9H6BrNO2S2/c10-7-2-1-5(15-7)9-6(3-8(12)13)14-4-11-9/h1-2,4H,3H2,(H,12,13). The summed E-state index contributed by atoms with van der Waals surface area (Å²) in [6, 6.07) is 3.87. The number of halogens is 1. The Morgan fingerprint density at radius 1 is 1.53 bits per heavy atom. The smallest absolute Gasteiger partial charge is 0.308 e. The fourth-order valence-corrected chi connectivity index (χ4v) is 3.42. The van der Waals surface area contributed by atoms with Crippen molar-refractivity contribution in [3.63, 3.8) is 0 Å². The first kappa shape index (κ1) is 10.8. The number of aromatic nitrogens is 1. The van der Waals surface area contributed by atoms with Crippen molar-refractivity contribution >= 4 is 44.6 Å². The van der Waals surface area contributed by atoms with E-state index in [9.17, 15) is 4.79 Å². The number of hydrogen-bond donors (Lipinski definition) is 1. The van der Waals surface area contributed by atoms with E-state index < -0.39 is 5.97 Å². The molecule has 78 valence electrons. The topological polar surface area (TPSA) is 50.2 Å². The van der Waals surface area contributed by atoms with Gasteiger partial charge in [-0.2, -0.15) is 0 Å². The molecule has 0 aliphatic rings. The van der Waals surface area contributed by atoms with Gasteiger partial charge in [0, 0.05) is 4.88 Å². The quantitative estimate of drug-likeness (QED) is 0.947. The number of hydrogen-bond acceptors (Lipinski definition) is 4. The minimum absolute atomic E-state index is 0.0372. The Hall–Kier alpha value is -0.720. The average Bonchev–Trinajstić information content (AvgIpc) is 2.72. The normalized spacial score (nSPS) is 10.5. The van der Waals surface area contributed by atoms with Gasteiger partial charge in [-0.1, -0.05) is 0 Å². The maximum absolute atomic E-state index is 10.6. The predicted octanol–water partition coefficient (Wildman–Crippen LogP) is 3.26. The molecule has 0 saturated heterocycles. The lowest BCUT2D eigenvalue weighted by atomic mass is 10.2. The van der Waals surface area contributed by atoms with Gasteiger partial charge in [-0.15, -0.1) is 22.7 Å². The Kier molecular flexibility index (Phi) is 3.18. The van der Waals surface area contributed by atoms with E-state index in [-0.39, 0.29) is 6.42 Å². The van der Waals surface area contributed by atoms with Crippen LogP contribution in [0.15, 0.2) is 21.4 Å². The van der Waals surface area contributed by atoms with Crippen LogP contribution in [0.4, 0.5) is 0 Å². The summed E-state index contributed by atoms with van der Waals surface area (Å²) in [5.74, 6) is -0.823. The van der Waals surface area contributed by atoms with Crippen LogP contribution in [0, 0.1) is 0 Å². The van der Waals surface area contributed by atoms with Crippen molar-refractivity contribution in [1.29, 1.82) is 0 Å². The van der Waals surface area contributed by atoms with Crippen molar-refractivity contribution in [1.82, 2.24) is 4.98 Å². The highest BCUT2D eigenvalue weighted by molar-refractivity contribution is 9.11. The zero-order valence-corrected chi connectivity index (χ0v) is 10.7. The molecule has 0 aliphatic carbocycles. The van der Waals surface area contributed by atoms with E-state index in [2.05, 4.69) is 20.9 Å². The zero-order chi connectivity index (χ0) is 10.8. The van der Waals surface area contributed by atoms with Crippen LogP contribution in [0.5, 0.6) is 0 Å². The number of carbonyl (C=O) groups is 1. The van der Waals surface area contributed by atoms with E-state index in [1.165, 1.54) is 11.3 Å². The average molecular weight is 304 g/mol. The molecule has 15 heavy (non-hydrogen) atoms. The predicted molar refractivity (Wildman–Crippen MR) is 64.5 cm³/mol. The molecule has 0 unspecified atom stereocenters. The van der Waals surface area contributed by atoms with Crippen molar-refractivity contribution < 1.29 is 9.90 Å². The summed E-state index contributed by atoms with van der Waals surface area (Å²) in [5.41, 5.74) is 2.47. The second-order valence-corrected chi connectivity index (χ2v) is 6.20. The van der Waals surface area contributed by atoms with Crippen molar-refractivity contribution in [3.05, 3.63) is 26.3 Å². The van der Waals surface area contributed by atoms with Crippen molar-refractivity contribution in [2.45, 2.75) is 6.42 Å². The second kappa shape index (κ2) is 4.42. The Morgan fingerprint density at radius 2 is 2.33 bits per heavy atom. The summed E-state index contributed by atoms with van der Waals surface area (Å²) in [4.78, 5) is 16.6. The summed E-state index contributed by atoms with van der Waals surface area (Å²) < 4.78 is 1.02. The monoisotopic (exact) mass is 303 g/mol. The molecule has 0 bridgehead atoms. The maximum Gasteiger partial charge on any atom is 0.308 e. The maximum atomic E-state index is 10.6. The molecule has 0 aromatic carbocycles. The number of carboxylic acids is 1. The molecule has 1 N–H and O–H groups in total. The van der Waals surface area contributed by atoms with Crippen LogP contribution in [0.3, 0.4) is 0 Å². The number of thiophene rings is 1. The van der Waals surface area contributed by atoms with E-state index in [4.69, 9.17) is 5.11 Å². The number of carboxylic acid groups (broad SMARTS) is 1. The minimum Gasteiger partial charge on any atom is -0.481 e. The second-order valence-electron chi connectivity index (χ2n) is 2.80. The highest BCUT2D eigenvalue weighted by atomic mass is 79.9. The van der Waals surface area contributed by atoms with E-state index in [0.29, 0.717) is 0 Å². The summed E-state index contributed by atoms with van der Waals surface area (Å²) in [6.07, 6.45) is 0.0372. The molecule has 0 radical (unpaired) electrons. The molecule has 0 fully saturated rings. The molecule has 0 amide bonds. The zero-order valence-electron chi connectivity index (χ0n) is 7.44. The van der Waals surface area contributed by atoms with Gasteiger partial charge in [-0.05, 0) is 28.1 Å². The van der Waals surface area contributed by atoms with Crippen LogP contribution in [0.25, 0.3) is 10.6 Å². The first-order valence-electron chi connectivity index (χ1n) is 4.06. The number of thiazole rings is 1. The van der Waals surface area contributed by atoms with Crippen LogP contribution < -0.4 is 0 Å². The van der Waals surface area contributed by atoms with Crippen molar-refractivity contribution in [2.24, 2.45) is 0 Å². The van der Waals surface area contributed by atoms with Gasteiger partial charge in [0.15, 0.2) is 0 Å². The number of aliphatic carboxylic acids is 1. The summed E-state index contributed by atoms with van der Waals surface area (Å²) in [5, 5.41) is 8.73. The van der Waals surface area contributed by atoms with Gasteiger partial charge < -0.3 is 5.11 Å². The Bertz CT molecular complexity index is 492. The molecule has 0 saturated carbocycles. The molecular weight excluding hydrogens is 298 g/mol. The molecule has 2 aromatic heterocycles. The summed E-state index contributed by atoms with van der Waals surface area (Å²) in [7, 11) is 0. The molecular formula is C9H6BrNO2S2. The summed E-state index contributed by atoms with van der Waals surface area (Å²) >= 11 is 6.31. The van der Waals surface area contributed by atoms with Gasteiger partial charge in [0.1, 0.15) is 0 Å². The fourth-order valence-electron chi connectivity index (χ4n) is 1.18. The third kappa shape index (κ3) is 2.45. The lowest BCUT2D eigenvalue weighted by molar-refractivity contribution is -0.136. The lowest BCUT2D eigenvalue weighted by Gasteiger charge is -1.95. The Morgan fingerprint density at radius 3 is 2.93 bits per heavy atom. The molecule has 2 aromatic rings. The first-order chi connectivity index (χ1) is 7.16. The Balaban J connectivity index is 2.36. The molecule has 6 heteroatoms. The van der Waals surface area contributed by atoms with E-state index in [1.807, 2.05) is 12.1 Å². The fraction of sp³-hybridized carbons (Fsp3) is 0.111. The van der Waals surface area contributed by atoms with Gasteiger partial charge >= 0.3 is 5.97 Å². The molecule has 3 nitrogen and oxygen atoms in total. The van der Waals surface area contributed by atoms with Crippen molar-refractivity contribution in [3.8, 4) is 10.6 Å². The SMILES string of the molecule is O=C(O)Cc1scnc1-c1ccc(Br)s1. The molecule has 0 aliphatic heterocycles. The van der Waals surface area contributed by atoms with Gasteiger partial charge in [0.05, 0.1) is 26.3 Å². The van der Waals surface area contributed by atoms with Crippen molar-refractivity contribution in [2.75, 3.05) is 0 Å². The van der Waals surface area contributed by atoms with Crippen LogP contribution in [0.2, 0.25) is 0 Å². The van der Waals surface area contributed by atoms with Gasteiger partial charge in [0.2, 0.25) is 0 Å². The molecule has 2 rings (SSSR count). The van der Waals surface area contributed by atoms with Crippen LogP contribution in [-0.4, -0.2) is 16.1 Å². The first-order valence-corrected chi connectivity index (χ1v) is 6.55. The molecule has 2 heterocycles. The van der Waals surface area contributed by atoms with Crippen LogP contribution in [0.1, 0.15) is 4.88 Å². The molecule has 0 spiro atoms. The van der Waals surface area contributed by atoms with Crippen LogP contribution in [-0.2, 0) is 11.2 Å². The van der Waals surface area contributed by atoms with E-state index in [1.54, 1.807) is 16.8 Å². The van der Waals surface area contributed by atoms with Gasteiger partial charge in [0.25, 0.3) is 0 Å². The highest BCUT2D eigenvalue weighted by Crippen LogP contribution is 2.33. The Labute approximate surface area is 103 Å². The third-order valence-corrected chi connectivity index (χ3v) is 4.22. The minimum atomic E-state index is -0.823. The number of nitrogens with zero attached hydrogens (tertiary/aromatic N) is 1. The van der Waals surface area contributed by atoms with E-state index >= 15 is 0 Å². The van der Waals surface area contributed by atoms with E-state index in [0.717, 1.165) is 19.2 Å². The largest absolute Gasteiger partial charge is 0.481 e. The van der Waals surface area contributed by atoms with Gasteiger partial charge in [-0.3, -0.25) is 4.79 Å². The lowest BCUT2D eigenvalue weighted by Crippen LogP contribution is -1.98. The number of rotatable bonds is 3. The highest BCUT2D eigenvalue weighted by Gasteiger charge is 2.13. The van der Waals surface area contributed by atoms with Gasteiger partial charge in [-0.25, -0.2) is 4.98 Å².